The molecule has 2 unspecified atom stereocenters. The summed E-state index contributed by atoms with van der Waals surface area (Å²) in [7, 11) is 0. The van der Waals surface area contributed by atoms with E-state index in [1.807, 2.05) is 42.9 Å². The number of fused-ring (bicyclic) bond motifs is 2. The van der Waals surface area contributed by atoms with Gasteiger partial charge in [0.15, 0.2) is 0 Å². The number of carbonyl (C=O) groups excluding carboxylic acids is 3. The lowest BCUT2D eigenvalue weighted by molar-refractivity contribution is -0.127. The van der Waals surface area contributed by atoms with Crippen LogP contribution in [0.2, 0.25) is 0 Å². The van der Waals surface area contributed by atoms with E-state index in [0.717, 1.165) is 35.4 Å². The molecule has 174 valence electrons. The topological polar surface area (TPSA) is 84.3 Å². The van der Waals surface area contributed by atoms with Crippen molar-refractivity contribution in [3.63, 3.8) is 0 Å². The van der Waals surface area contributed by atoms with Crippen LogP contribution in [0.3, 0.4) is 0 Å². The van der Waals surface area contributed by atoms with Gasteiger partial charge < -0.3 is 5.32 Å². The van der Waals surface area contributed by atoms with Crippen molar-refractivity contribution < 1.29 is 14.4 Å². The summed E-state index contributed by atoms with van der Waals surface area (Å²) < 4.78 is 2.01. The number of hydrogen-bond donors (Lipinski definition) is 1. The van der Waals surface area contributed by atoms with Crippen molar-refractivity contribution in [3.8, 4) is 0 Å². The quantitative estimate of drug-likeness (QED) is 0.573. The van der Waals surface area contributed by atoms with E-state index < -0.39 is 17.9 Å². The number of nitrogens with zero attached hydrogens (tertiary/aromatic N) is 3. The number of carbonyl (C=O) groups is 3. The SMILES string of the molecule is CC(C)C(C(=O)NC1CCCc2c1cnn2Cc1ccccc1)N1C(=O)c2ccccc2C1=O. The van der Waals surface area contributed by atoms with Crippen molar-refractivity contribution in [2.24, 2.45) is 5.92 Å². The Kier molecular flexibility index (Phi) is 5.77. The minimum atomic E-state index is -0.878. The highest BCUT2D eigenvalue weighted by Gasteiger charge is 2.44. The highest BCUT2D eigenvalue weighted by molar-refractivity contribution is 6.22. The van der Waals surface area contributed by atoms with Crippen LogP contribution in [0.15, 0.2) is 60.8 Å². The maximum Gasteiger partial charge on any atom is 0.262 e. The number of rotatable bonds is 6. The molecule has 5 rings (SSSR count). The van der Waals surface area contributed by atoms with Crippen molar-refractivity contribution >= 4 is 17.7 Å². The van der Waals surface area contributed by atoms with Gasteiger partial charge in [0.05, 0.1) is 29.9 Å². The first-order chi connectivity index (χ1) is 16.5. The van der Waals surface area contributed by atoms with Crippen molar-refractivity contribution in [1.29, 1.82) is 0 Å². The second kappa shape index (κ2) is 8.89. The van der Waals surface area contributed by atoms with Gasteiger partial charge in [0, 0.05) is 11.3 Å². The lowest BCUT2D eigenvalue weighted by Crippen LogP contribution is -2.53. The van der Waals surface area contributed by atoms with E-state index in [0.29, 0.717) is 17.7 Å². The molecule has 7 nitrogen and oxygen atoms in total. The van der Waals surface area contributed by atoms with Crippen LogP contribution in [-0.2, 0) is 17.8 Å². The van der Waals surface area contributed by atoms with Crippen LogP contribution < -0.4 is 5.32 Å². The normalized spacial score (nSPS) is 18.1. The summed E-state index contributed by atoms with van der Waals surface area (Å²) in [6.07, 6.45) is 4.47. The molecule has 3 amide bonds. The summed E-state index contributed by atoms with van der Waals surface area (Å²) in [5, 5.41) is 7.75. The molecule has 0 bridgehead atoms. The van der Waals surface area contributed by atoms with Crippen LogP contribution >= 0.6 is 0 Å². The third-order valence-electron chi connectivity index (χ3n) is 6.76. The van der Waals surface area contributed by atoms with Gasteiger partial charge >= 0.3 is 0 Å². The van der Waals surface area contributed by atoms with Crippen LogP contribution in [0.25, 0.3) is 0 Å². The van der Waals surface area contributed by atoms with Gasteiger partial charge in [-0.2, -0.15) is 5.10 Å². The Morgan fingerprint density at radius 2 is 1.68 bits per heavy atom. The van der Waals surface area contributed by atoms with Crippen LogP contribution in [0, 0.1) is 5.92 Å². The summed E-state index contributed by atoms with van der Waals surface area (Å²) in [6, 6.07) is 15.8. The largest absolute Gasteiger partial charge is 0.347 e. The van der Waals surface area contributed by atoms with Crippen molar-refractivity contribution in [1.82, 2.24) is 20.0 Å². The molecule has 1 aliphatic heterocycles. The molecular weight excluding hydrogens is 428 g/mol. The summed E-state index contributed by atoms with van der Waals surface area (Å²) in [4.78, 5) is 40.7. The molecule has 0 radical (unpaired) electrons. The standard InChI is InChI=1S/C27H28N4O3/c1-17(2)24(31-26(33)19-11-6-7-12-20(19)27(31)34)25(32)29-22-13-8-14-23-21(22)15-28-30(23)16-18-9-4-3-5-10-18/h3-7,9-12,15,17,22,24H,8,13-14,16H2,1-2H3,(H,29,32). The van der Waals surface area contributed by atoms with Gasteiger partial charge in [-0.1, -0.05) is 56.3 Å². The predicted molar refractivity (Wildman–Crippen MR) is 127 cm³/mol. The van der Waals surface area contributed by atoms with Gasteiger partial charge in [-0.3, -0.25) is 24.0 Å². The Morgan fingerprint density at radius 3 is 2.32 bits per heavy atom. The molecule has 1 aromatic heterocycles. The second-order valence-corrected chi connectivity index (χ2v) is 9.36. The molecular formula is C27H28N4O3. The van der Waals surface area contributed by atoms with Gasteiger partial charge in [0.1, 0.15) is 6.04 Å². The Hall–Kier alpha value is -3.74. The van der Waals surface area contributed by atoms with E-state index in [-0.39, 0.29) is 17.9 Å². The van der Waals surface area contributed by atoms with Crippen LogP contribution in [0.5, 0.6) is 0 Å². The van der Waals surface area contributed by atoms with E-state index in [2.05, 4.69) is 22.5 Å². The average Bonchev–Trinajstić information content (AvgIpc) is 3.35. The number of nitrogens with one attached hydrogen (secondary N) is 1. The Morgan fingerprint density at radius 1 is 1.03 bits per heavy atom. The lowest BCUT2D eigenvalue weighted by atomic mass is 9.92. The molecule has 2 heterocycles. The number of aromatic nitrogens is 2. The highest BCUT2D eigenvalue weighted by atomic mass is 16.2. The molecule has 2 atom stereocenters. The molecule has 3 aromatic rings. The number of hydrogen-bond acceptors (Lipinski definition) is 4. The predicted octanol–water partition coefficient (Wildman–Crippen LogP) is 3.75. The van der Waals surface area contributed by atoms with Gasteiger partial charge in [-0.05, 0) is 42.9 Å². The number of amides is 3. The second-order valence-electron chi connectivity index (χ2n) is 9.36. The van der Waals surface area contributed by atoms with E-state index in [4.69, 9.17) is 0 Å². The maximum absolute atomic E-state index is 13.5. The Bertz CT molecular complexity index is 1210. The summed E-state index contributed by atoms with van der Waals surface area (Å²) in [5.74, 6) is -1.35. The average molecular weight is 457 g/mol. The number of imide groups is 1. The van der Waals surface area contributed by atoms with Crippen molar-refractivity contribution in [2.75, 3.05) is 0 Å². The minimum Gasteiger partial charge on any atom is -0.347 e. The molecule has 1 N–H and O–H groups in total. The van der Waals surface area contributed by atoms with E-state index in [1.165, 1.54) is 5.56 Å². The first-order valence-corrected chi connectivity index (χ1v) is 11.8. The highest BCUT2D eigenvalue weighted by Crippen LogP contribution is 2.32. The minimum absolute atomic E-state index is 0.197. The molecule has 0 spiro atoms. The monoisotopic (exact) mass is 456 g/mol. The van der Waals surface area contributed by atoms with Crippen LogP contribution in [-0.4, -0.2) is 38.4 Å². The number of benzene rings is 2. The zero-order valence-electron chi connectivity index (χ0n) is 19.4. The van der Waals surface area contributed by atoms with E-state index >= 15 is 0 Å². The smallest absolute Gasteiger partial charge is 0.262 e. The zero-order chi connectivity index (χ0) is 23.8. The molecule has 2 aliphatic rings. The first-order valence-electron chi connectivity index (χ1n) is 11.8. The zero-order valence-corrected chi connectivity index (χ0v) is 19.4. The molecule has 0 saturated carbocycles. The van der Waals surface area contributed by atoms with Crippen molar-refractivity contribution in [3.05, 3.63) is 88.7 Å². The Labute approximate surface area is 198 Å². The van der Waals surface area contributed by atoms with Gasteiger partial charge in [0.25, 0.3) is 11.8 Å². The molecule has 0 saturated heterocycles. The van der Waals surface area contributed by atoms with E-state index in [1.54, 1.807) is 24.3 Å². The molecule has 2 aromatic carbocycles. The third kappa shape index (κ3) is 3.81. The Balaban J connectivity index is 1.37. The fourth-order valence-corrected chi connectivity index (χ4v) is 5.10. The fourth-order valence-electron chi connectivity index (χ4n) is 5.10. The maximum atomic E-state index is 13.5. The fraction of sp³-hybridized carbons (Fsp3) is 0.333. The molecule has 34 heavy (non-hydrogen) atoms. The van der Waals surface area contributed by atoms with Crippen molar-refractivity contribution in [2.45, 2.75) is 51.7 Å². The van der Waals surface area contributed by atoms with Gasteiger partial charge in [-0.15, -0.1) is 0 Å². The summed E-state index contributed by atoms with van der Waals surface area (Å²) >= 11 is 0. The first kappa shape index (κ1) is 22.1. The van der Waals surface area contributed by atoms with Crippen LogP contribution in [0.1, 0.15) is 70.3 Å². The van der Waals surface area contributed by atoms with Gasteiger partial charge in [-0.25, -0.2) is 0 Å². The molecule has 0 fully saturated rings. The van der Waals surface area contributed by atoms with Gasteiger partial charge in [0.2, 0.25) is 5.91 Å². The molecule has 1 aliphatic carbocycles. The third-order valence-corrected chi connectivity index (χ3v) is 6.76. The van der Waals surface area contributed by atoms with Crippen LogP contribution in [0.4, 0.5) is 0 Å². The lowest BCUT2D eigenvalue weighted by Gasteiger charge is -2.31. The summed E-state index contributed by atoms with van der Waals surface area (Å²) in [5.41, 5.74) is 4.02. The van der Waals surface area contributed by atoms with E-state index in [9.17, 15) is 14.4 Å². The summed E-state index contributed by atoms with van der Waals surface area (Å²) in [6.45, 7) is 4.40. The molecule has 7 heteroatoms.